The van der Waals surface area contributed by atoms with Crippen LogP contribution in [-0.4, -0.2) is 12.6 Å². The van der Waals surface area contributed by atoms with Crippen molar-refractivity contribution in [2.24, 2.45) is 0 Å². The van der Waals surface area contributed by atoms with E-state index in [1.165, 1.54) is 0 Å². The highest BCUT2D eigenvalue weighted by atomic mass is 17.2. The summed E-state index contributed by atoms with van der Waals surface area (Å²) in [6, 6.07) is 6.66. The Morgan fingerprint density at radius 1 is 1.46 bits per heavy atom. The zero-order valence-electron chi connectivity index (χ0n) is 7.32. The van der Waals surface area contributed by atoms with Gasteiger partial charge in [-0.1, -0.05) is 12.1 Å². The van der Waals surface area contributed by atoms with Crippen molar-refractivity contribution < 1.29 is 14.6 Å². The highest BCUT2D eigenvalue weighted by Gasteiger charge is 2.10. The van der Waals surface area contributed by atoms with Crippen LogP contribution in [0.25, 0.3) is 0 Å². The van der Waals surface area contributed by atoms with Crippen LogP contribution in [-0.2, 0) is 9.78 Å². The number of benzene rings is 1. The fraction of sp³-hybridized carbons (Fsp3) is 0.222. The number of carbonyl (C=O) groups excluding carboxylic acids is 1. The second kappa shape index (κ2) is 4.47. The number of anilines is 1. The molecule has 70 valence electrons. The molecule has 1 rings (SSSR count). The summed E-state index contributed by atoms with van der Waals surface area (Å²) >= 11 is 0. The van der Waals surface area contributed by atoms with E-state index in [0.717, 1.165) is 0 Å². The van der Waals surface area contributed by atoms with E-state index < -0.39 is 5.97 Å². The van der Waals surface area contributed by atoms with E-state index in [-0.39, 0.29) is 0 Å². The van der Waals surface area contributed by atoms with Crippen LogP contribution in [0.4, 0.5) is 5.69 Å². The van der Waals surface area contributed by atoms with Gasteiger partial charge in [0.25, 0.3) is 0 Å². The van der Waals surface area contributed by atoms with Crippen molar-refractivity contribution in [1.29, 1.82) is 0 Å². The largest absolute Gasteiger partial charge is 0.398 e. The van der Waals surface area contributed by atoms with Crippen LogP contribution in [0.2, 0.25) is 0 Å². The molecule has 0 saturated heterocycles. The molecule has 0 aliphatic rings. The first kappa shape index (κ1) is 9.54. The first-order valence-corrected chi connectivity index (χ1v) is 3.94. The van der Waals surface area contributed by atoms with Gasteiger partial charge in [0.05, 0.1) is 12.2 Å². The Bertz CT molecular complexity index is 299. The second-order valence-electron chi connectivity index (χ2n) is 2.36. The number of para-hydroxylation sites is 1. The molecule has 0 unspecified atom stereocenters. The third-order valence-corrected chi connectivity index (χ3v) is 1.43. The lowest BCUT2D eigenvalue weighted by molar-refractivity contribution is -0.236. The van der Waals surface area contributed by atoms with E-state index in [0.29, 0.717) is 17.9 Å². The molecule has 0 aliphatic carbocycles. The van der Waals surface area contributed by atoms with Crippen molar-refractivity contribution in [2.45, 2.75) is 6.92 Å². The molecule has 13 heavy (non-hydrogen) atoms. The minimum Gasteiger partial charge on any atom is -0.398 e. The van der Waals surface area contributed by atoms with Gasteiger partial charge in [0.1, 0.15) is 0 Å². The van der Waals surface area contributed by atoms with E-state index in [9.17, 15) is 4.79 Å². The second-order valence-corrected chi connectivity index (χ2v) is 2.36. The molecule has 0 saturated carbocycles. The molecule has 2 N–H and O–H groups in total. The van der Waals surface area contributed by atoms with Crippen molar-refractivity contribution in [1.82, 2.24) is 0 Å². The van der Waals surface area contributed by atoms with Gasteiger partial charge in [0.15, 0.2) is 0 Å². The predicted octanol–water partition coefficient (Wildman–Crippen LogP) is 1.38. The number of nitrogens with two attached hydrogens (primary N) is 1. The number of hydrogen-bond acceptors (Lipinski definition) is 4. The molecule has 0 fully saturated rings. The topological polar surface area (TPSA) is 61.5 Å². The summed E-state index contributed by atoms with van der Waals surface area (Å²) in [6.07, 6.45) is 0. The highest BCUT2D eigenvalue weighted by molar-refractivity contribution is 5.94. The van der Waals surface area contributed by atoms with Gasteiger partial charge in [-0.3, -0.25) is 4.89 Å². The molecule has 0 heterocycles. The van der Waals surface area contributed by atoms with Gasteiger partial charge in [-0.05, 0) is 19.1 Å². The Hall–Kier alpha value is -1.55. The molecule has 0 radical (unpaired) electrons. The Morgan fingerprint density at radius 2 is 2.15 bits per heavy atom. The maximum atomic E-state index is 11.2. The molecule has 1 aromatic rings. The fourth-order valence-corrected chi connectivity index (χ4v) is 0.840. The van der Waals surface area contributed by atoms with Crippen LogP contribution in [0.5, 0.6) is 0 Å². The van der Waals surface area contributed by atoms with Crippen molar-refractivity contribution in [3.63, 3.8) is 0 Å². The third kappa shape index (κ3) is 2.45. The number of nitrogen functional groups attached to an aromatic ring is 1. The predicted molar refractivity (Wildman–Crippen MR) is 47.9 cm³/mol. The van der Waals surface area contributed by atoms with Crippen LogP contribution in [0.1, 0.15) is 17.3 Å². The summed E-state index contributed by atoms with van der Waals surface area (Å²) in [5.41, 5.74) is 6.23. The zero-order valence-corrected chi connectivity index (χ0v) is 7.32. The summed E-state index contributed by atoms with van der Waals surface area (Å²) in [6.45, 7) is 2.04. The molecule has 0 bridgehead atoms. The van der Waals surface area contributed by atoms with Crippen LogP contribution < -0.4 is 5.73 Å². The lowest BCUT2D eigenvalue weighted by Crippen LogP contribution is -2.08. The zero-order chi connectivity index (χ0) is 9.68. The van der Waals surface area contributed by atoms with Gasteiger partial charge < -0.3 is 5.73 Å². The normalized spacial score (nSPS) is 9.62. The molecule has 0 aromatic heterocycles. The maximum Gasteiger partial charge on any atom is 0.375 e. The van der Waals surface area contributed by atoms with Gasteiger partial charge in [-0.15, -0.1) is 0 Å². The minimum absolute atomic E-state index is 0.316. The van der Waals surface area contributed by atoms with Gasteiger partial charge >= 0.3 is 5.97 Å². The average Bonchev–Trinajstić information content (AvgIpc) is 2.15. The van der Waals surface area contributed by atoms with Crippen molar-refractivity contribution in [3.8, 4) is 0 Å². The molecule has 0 aliphatic heterocycles. The van der Waals surface area contributed by atoms with E-state index in [1.807, 2.05) is 0 Å². The molecule has 0 atom stereocenters. The molecule has 4 nitrogen and oxygen atoms in total. The summed E-state index contributed by atoms with van der Waals surface area (Å²) in [5.74, 6) is -0.569. The Morgan fingerprint density at radius 3 is 2.77 bits per heavy atom. The summed E-state index contributed by atoms with van der Waals surface area (Å²) in [4.78, 5) is 20.1. The summed E-state index contributed by atoms with van der Waals surface area (Å²) < 4.78 is 0. The molecular formula is C9H11NO3. The quantitative estimate of drug-likeness (QED) is 0.434. The van der Waals surface area contributed by atoms with Crippen molar-refractivity contribution in [3.05, 3.63) is 29.8 Å². The molecule has 0 amide bonds. The Labute approximate surface area is 76.2 Å². The van der Waals surface area contributed by atoms with E-state index in [1.54, 1.807) is 31.2 Å². The number of rotatable bonds is 3. The van der Waals surface area contributed by atoms with E-state index in [2.05, 4.69) is 9.78 Å². The highest BCUT2D eigenvalue weighted by Crippen LogP contribution is 2.11. The Balaban J connectivity index is 2.71. The lowest BCUT2D eigenvalue weighted by atomic mass is 10.2. The summed E-state index contributed by atoms with van der Waals surface area (Å²) in [7, 11) is 0. The standard InChI is InChI=1S/C9H11NO3/c1-2-12-13-9(11)7-5-3-4-6-8(7)10/h3-6H,2,10H2,1H3. The number of hydrogen-bond donors (Lipinski definition) is 1. The number of carbonyl (C=O) groups is 1. The molecular weight excluding hydrogens is 170 g/mol. The Kier molecular flexibility index (Phi) is 3.28. The molecule has 0 spiro atoms. The van der Waals surface area contributed by atoms with Crippen LogP contribution in [0.15, 0.2) is 24.3 Å². The maximum absolute atomic E-state index is 11.2. The average molecular weight is 181 g/mol. The fourth-order valence-electron chi connectivity index (χ4n) is 0.840. The van der Waals surface area contributed by atoms with Crippen LogP contribution in [0.3, 0.4) is 0 Å². The van der Waals surface area contributed by atoms with Gasteiger partial charge in [0, 0.05) is 5.69 Å². The first-order valence-electron chi connectivity index (χ1n) is 3.94. The van der Waals surface area contributed by atoms with Gasteiger partial charge in [0.2, 0.25) is 0 Å². The van der Waals surface area contributed by atoms with Gasteiger partial charge in [-0.2, -0.15) is 4.89 Å². The van der Waals surface area contributed by atoms with Gasteiger partial charge in [-0.25, -0.2) is 4.79 Å². The van der Waals surface area contributed by atoms with Crippen LogP contribution in [0, 0.1) is 0 Å². The van der Waals surface area contributed by atoms with Crippen LogP contribution >= 0.6 is 0 Å². The van der Waals surface area contributed by atoms with Crippen molar-refractivity contribution >= 4 is 11.7 Å². The minimum atomic E-state index is -0.569. The van der Waals surface area contributed by atoms with E-state index in [4.69, 9.17) is 5.73 Å². The first-order chi connectivity index (χ1) is 6.25. The monoisotopic (exact) mass is 181 g/mol. The SMILES string of the molecule is CCOOC(=O)c1ccccc1N. The van der Waals surface area contributed by atoms with Crippen molar-refractivity contribution in [2.75, 3.05) is 12.3 Å². The van der Waals surface area contributed by atoms with E-state index >= 15 is 0 Å². The lowest BCUT2D eigenvalue weighted by Gasteiger charge is -2.03. The smallest absolute Gasteiger partial charge is 0.375 e. The summed E-state index contributed by atoms with van der Waals surface area (Å²) in [5, 5.41) is 0. The molecule has 4 heteroatoms. The molecule has 1 aromatic carbocycles. The third-order valence-electron chi connectivity index (χ3n) is 1.43.